The van der Waals surface area contributed by atoms with Crippen LogP contribution in [0.5, 0.6) is 5.75 Å². The summed E-state index contributed by atoms with van der Waals surface area (Å²) in [5.74, 6) is 0.616. The van der Waals surface area contributed by atoms with E-state index in [1.807, 2.05) is 30.3 Å². The highest BCUT2D eigenvalue weighted by molar-refractivity contribution is 6.32. The van der Waals surface area contributed by atoms with Gasteiger partial charge in [-0.2, -0.15) is 0 Å². The van der Waals surface area contributed by atoms with Crippen LogP contribution in [0.3, 0.4) is 0 Å². The minimum absolute atomic E-state index is 0.322. The summed E-state index contributed by atoms with van der Waals surface area (Å²) in [5, 5.41) is 9.57. The van der Waals surface area contributed by atoms with Gasteiger partial charge in [0.25, 0.3) is 0 Å². The molecule has 2 aromatic carbocycles. The number of nitrogens with zero attached hydrogens (tertiary/aromatic N) is 3. The molecule has 0 aliphatic heterocycles. The molecule has 0 saturated carbocycles. The molecule has 0 N–H and O–H groups in total. The molecular weight excluding hydrogens is 309 g/mol. The first-order chi connectivity index (χ1) is 10.2. The largest absolute Gasteiger partial charge is 0.494 e. The summed E-state index contributed by atoms with van der Waals surface area (Å²) in [4.78, 5) is 1.43. The lowest BCUT2D eigenvalue weighted by molar-refractivity contribution is 0.410. The zero-order valence-electron chi connectivity index (χ0n) is 11.1. The van der Waals surface area contributed by atoms with Gasteiger partial charge in [0, 0.05) is 10.6 Å². The molecule has 3 rings (SSSR count). The van der Waals surface area contributed by atoms with Crippen LogP contribution in [0.1, 0.15) is 0 Å². The minimum atomic E-state index is 0.322. The first-order valence-electron chi connectivity index (χ1n) is 6.21. The second kappa shape index (κ2) is 5.76. The van der Waals surface area contributed by atoms with Crippen LogP contribution in [-0.2, 0) is 0 Å². The van der Waals surface area contributed by atoms with Crippen molar-refractivity contribution in [3.8, 4) is 22.7 Å². The van der Waals surface area contributed by atoms with Crippen LogP contribution in [0.15, 0.2) is 48.5 Å². The average Bonchev–Trinajstić information content (AvgIpc) is 2.90. The van der Waals surface area contributed by atoms with E-state index in [1.165, 1.54) is 4.80 Å². The Morgan fingerprint density at radius 3 is 2.48 bits per heavy atom. The van der Waals surface area contributed by atoms with Crippen molar-refractivity contribution in [1.29, 1.82) is 0 Å². The lowest BCUT2D eigenvalue weighted by Crippen LogP contribution is -2.01. The molecule has 0 radical (unpaired) electrons. The molecule has 1 aromatic heterocycles. The highest BCUT2D eigenvalue weighted by Gasteiger charge is 2.15. The van der Waals surface area contributed by atoms with E-state index in [1.54, 1.807) is 25.3 Å². The van der Waals surface area contributed by atoms with E-state index in [2.05, 4.69) is 10.2 Å². The number of rotatable bonds is 3. The summed E-state index contributed by atoms with van der Waals surface area (Å²) in [5.41, 5.74) is 2.14. The third-order valence-electron chi connectivity index (χ3n) is 2.98. The Balaban J connectivity index is 2.12. The SMILES string of the molecule is COc1ccc(Cl)cc1-n1nc(Cl)c(-c2ccccc2)n1. The van der Waals surface area contributed by atoms with E-state index in [0.29, 0.717) is 27.3 Å². The molecule has 0 saturated heterocycles. The molecule has 0 spiro atoms. The Morgan fingerprint density at radius 2 is 1.76 bits per heavy atom. The van der Waals surface area contributed by atoms with Crippen LogP contribution in [0, 0.1) is 0 Å². The van der Waals surface area contributed by atoms with Gasteiger partial charge in [0.1, 0.15) is 17.1 Å². The predicted molar refractivity (Wildman–Crippen MR) is 83.4 cm³/mol. The summed E-state index contributed by atoms with van der Waals surface area (Å²) in [7, 11) is 1.58. The van der Waals surface area contributed by atoms with Gasteiger partial charge in [0.15, 0.2) is 5.15 Å². The molecule has 0 bridgehead atoms. The number of hydrogen-bond donors (Lipinski definition) is 0. The molecule has 3 aromatic rings. The highest BCUT2D eigenvalue weighted by atomic mass is 35.5. The fourth-order valence-electron chi connectivity index (χ4n) is 1.99. The van der Waals surface area contributed by atoms with Gasteiger partial charge in [0.05, 0.1) is 7.11 Å². The summed E-state index contributed by atoms with van der Waals surface area (Å²) in [6, 6.07) is 14.9. The lowest BCUT2D eigenvalue weighted by Gasteiger charge is -2.07. The normalized spacial score (nSPS) is 10.6. The fourth-order valence-corrected chi connectivity index (χ4v) is 2.37. The highest BCUT2D eigenvalue weighted by Crippen LogP contribution is 2.29. The quantitative estimate of drug-likeness (QED) is 0.724. The molecule has 21 heavy (non-hydrogen) atoms. The third-order valence-corrected chi connectivity index (χ3v) is 3.47. The standard InChI is InChI=1S/C15H11Cl2N3O/c1-21-13-8-7-11(16)9-12(13)20-18-14(15(17)19-20)10-5-3-2-4-6-10/h2-9H,1H3. The van der Waals surface area contributed by atoms with Crippen LogP contribution < -0.4 is 4.74 Å². The fraction of sp³-hybridized carbons (Fsp3) is 0.0667. The monoisotopic (exact) mass is 319 g/mol. The number of halogens is 2. The van der Waals surface area contributed by atoms with E-state index in [4.69, 9.17) is 27.9 Å². The summed E-state index contributed by atoms with van der Waals surface area (Å²) in [6.45, 7) is 0. The van der Waals surface area contributed by atoms with Crippen molar-refractivity contribution in [2.75, 3.05) is 7.11 Å². The first kappa shape index (κ1) is 13.9. The smallest absolute Gasteiger partial charge is 0.179 e. The number of benzene rings is 2. The molecule has 1 heterocycles. The van der Waals surface area contributed by atoms with Gasteiger partial charge >= 0.3 is 0 Å². The van der Waals surface area contributed by atoms with Crippen LogP contribution >= 0.6 is 23.2 Å². The molecule has 106 valence electrons. The van der Waals surface area contributed by atoms with E-state index in [-0.39, 0.29) is 0 Å². The van der Waals surface area contributed by atoms with Crippen molar-refractivity contribution in [3.05, 3.63) is 58.7 Å². The first-order valence-corrected chi connectivity index (χ1v) is 6.97. The maximum absolute atomic E-state index is 6.20. The summed E-state index contributed by atoms with van der Waals surface area (Å²) in [6.07, 6.45) is 0. The number of methoxy groups -OCH3 is 1. The Morgan fingerprint density at radius 1 is 1.00 bits per heavy atom. The van der Waals surface area contributed by atoms with Crippen LogP contribution in [0.25, 0.3) is 16.9 Å². The molecular formula is C15H11Cl2N3O. The van der Waals surface area contributed by atoms with E-state index in [0.717, 1.165) is 5.56 Å². The molecule has 6 heteroatoms. The van der Waals surface area contributed by atoms with Crippen molar-refractivity contribution < 1.29 is 4.74 Å². The van der Waals surface area contributed by atoms with Crippen molar-refractivity contribution in [1.82, 2.24) is 15.0 Å². The van der Waals surface area contributed by atoms with Crippen molar-refractivity contribution in [3.63, 3.8) is 0 Å². The molecule has 0 aliphatic rings. The average molecular weight is 320 g/mol. The zero-order valence-corrected chi connectivity index (χ0v) is 12.6. The Kier molecular flexibility index (Phi) is 3.82. The molecule has 0 atom stereocenters. The van der Waals surface area contributed by atoms with Gasteiger partial charge in [-0.25, -0.2) is 0 Å². The van der Waals surface area contributed by atoms with Gasteiger partial charge in [-0.1, -0.05) is 53.5 Å². The van der Waals surface area contributed by atoms with E-state index >= 15 is 0 Å². The maximum Gasteiger partial charge on any atom is 0.179 e. The van der Waals surface area contributed by atoms with Gasteiger partial charge in [-0.05, 0) is 18.2 Å². The van der Waals surface area contributed by atoms with Crippen LogP contribution in [0.4, 0.5) is 0 Å². The molecule has 0 fully saturated rings. The Labute approximate surface area is 131 Å². The summed E-state index contributed by atoms with van der Waals surface area (Å²) < 4.78 is 5.31. The van der Waals surface area contributed by atoms with Gasteiger partial charge in [-0.15, -0.1) is 15.0 Å². The van der Waals surface area contributed by atoms with Crippen molar-refractivity contribution in [2.45, 2.75) is 0 Å². The summed E-state index contributed by atoms with van der Waals surface area (Å²) >= 11 is 12.2. The second-order valence-corrected chi connectivity index (χ2v) is 5.11. The van der Waals surface area contributed by atoms with Gasteiger partial charge < -0.3 is 4.74 Å². The topological polar surface area (TPSA) is 39.9 Å². The van der Waals surface area contributed by atoms with Crippen molar-refractivity contribution in [2.24, 2.45) is 0 Å². The lowest BCUT2D eigenvalue weighted by atomic mass is 10.2. The van der Waals surface area contributed by atoms with E-state index in [9.17, 15) is 0 Å². The molecule has 0 unspecified atom stereocenters. The minimum Gasteiger partial charge on any atom is -0.494 e. The number of hydrogen-bond acceptors (Lipinski definition) is 3. The van der Waals surface area contributed by atoms with Gasteiger partial charge in [0.2, 0.25) is 0 Å². The van der Waals surface area contributed by atoms with Crippen LogP contribution in [0.2, 0.25) is 10.2 Å². The van der Waals surface area contributed by atoms with Crippen molar-refractivity contribution >= 4 is 23.2 Å². The Hall–Kier alpha value is -2.04. The van der Waals surface area contributed by atoms with Gasteiger partial charge in [-0.3, -0.25) is 0 Å². The molecule has 0 aliphatic carbocycles. The maximum atomic E-state index is 6.20. The number of ether oxygens (including phenoxy) is 1. The van der Waals surface area contributed by atoms with Crippen LogP contribution in [-0.4, -0.2) is 22.1 Å². The Bertz CT molecular complexity index is 772. The zero-order chi connectivity index (χ0) is 14.8. The number of aromatic nitrogens is 3. The third kappa shape index (κ3) is 2.73. The second-order valence-electron chi connectivity index (χ2n) is 4.31. The molecule has 0 amide bonds. The van der Waals surface area contributed by atoms with E-state index < -0.39 is 0 Å². The predicted octanol–water partition coefficient (Wildman–Crippen LogP) is 4.25. The molecule has 4 nitrogen and oxygen atoms in total.